The van der Waals surface area contributed by atoms with Crippen molar-refractivity contribution < 1.29 is 9.59 Å². The van der Waals surface area contributed by atoms with Gasteiger partial charge in [0.2, 0.25) is 11.8 Å². The summed E-state index contributed by atoms with van der Waals surface area (Å²) < 4.78 is 0. The van der Waals surface area contributed by atoms with Gasteiger partial charge < -0.3 is 0 Å². The molecule has 0 aromatic rings. The molecule has 88 valence electrons. The van der Waals surface area contributed by atoms with Gasteiger partial charge in [-0.25, -0.2) is 0 Å². The van der Waals surface area contributed by atoms with Gasteiger partial charge >= 0.3 is 0 Å². The van der Waals surface area contributed by atoms with Gasteiger partial charge in [0.05, 0.1) is 5.41 Å². The monoisotopic (exact) mass is 221 g/mol. The number of imide groups is 1. The molecule has 16 heavy (non-hydrogen) atoms. The summed E-state index contributed by atoms with van der Waals surface area (Å²) in [7, 11) is 0. The van der Waals surface area contributed by atoms with Crippen molar-refractivity contribution in [2.75, 3.05) is 6.54 Å². The van der Waals surface area contributed by atoms with Crippen LogP contribution in [0, 0.1) is 23.2 Å². The Morgan fingerprint density at radius 3 is 2.50 bits per heavy atom. The van der Waals surface area contributed by atoms with E-state index in [0.717, 1.165) is 0 Å². The van der Waals surface area contributed by atoms with Gasteiger partial charge in [0.15, 0.2) is 0 Å². The first-order valence-corrected chi connectivity index (χ1v) is 5.68. The molecular weight excluding hydrogens is 202 g/mol. The number of nitrogens with zero attached hydrogens (tertiary/aromatic N) is 1. The number of hydrogen-bond acceptors (Lipinski definition) is 2. The van der Waals surface area contributed by atoms with Crippen LogP contribution in [-0.2, 0) is 9.59 Å². The summed E-state index contributed by atoms with van der Waals surface area (Å²) >= 11 is 0. The van der Waals surface area contributed by atoms with E-state index in [0.29, 0.717) is 19.4 Å². The van der Waals surface area contributed by atoms with E-state index in [1.165, 1.54) is 4.90 Å². The molecule has 1 aliphatic rings. The molecule has 2 amide bonds. The van der Waals surface area contributed by atoms with Crippen LogP contribution in [0.15, 0.2) is 0 Å². The highest BCUT2D eigenvalue weighted by molar-refractivity contribution is 6.05. The molecule has 1 fully saturated rings. The Morgan fingerprint density at radius 2 is 2.06 bits per heavy atom. The third-order valence-corrected chi connectivity index (χ3v) is 3.46. The van der Waals surface area contributed by atoms with Crippen LogP contribution in [0.25, 0.3) is 0 Å². The van der Waals surface area contributed by atoms with Crippen molar-refractivity contribution in [1.29, 1.82) is 0 Å². The first-order valence-electron chi connectivity index (χ1n) is 5.68. The second kappa shape index (κ2) is 4.69. The van der Waals surface area contributed by atoms with Gasteiger partial charge in [-0.05, 0) is 19.8 Å². The van der Waals surface area contributed by atoms with Crippen LogP contribution in [0.3, 0.4) is 0 Å². The topological polar surface area (TPSA) is 37.4 Å². The van der Waals surface area contributed by atoms with E-state index in [1.54, 1.807) is 6.92 Å². The maximum Gasteiger partial charge on any atom is 0.235 e. The average Bonchev–Trinajstić information content (AvgIpc) is 2.43. The Balaban J connectivity index is 2.78. The Kier molecular flexibility index (Phi) is 3.74. The predicted octanol–water partition coefficient (Wildman–Crippen LogP) is 1.82. The van der Waals surface area contributed by atoms with E-state index in [1.807, 2.05) is 20.8 Å². The third-order valence-electron chi connectivity index (χ3n) is 3.46. The van der Waals surface area contributed by atoms with Crippen LogP contribution in [0.5, 0.6) is 0 Å². The Labute approximate surface area is 97.2 Å². The highest BCUT2D eigenvalue weighted by atomic mass is 16.2. The molecule has 1 aliphatic heterocycles. The second-order valence-electron chi connectivity index (χ2n) is 4.78. The van der Waals surface area contributed by atoms with Gasteiger partial charge in [0.1, 0.15) is 0 Å². The molecule has 0 saturated carbocycles. The van der Waals surface area contributed by atoms with E-state index >= 15 is 0 Å². The fourth-order valence-electron chi connectivity index (χ4n) is 1.88. The first-order chi connectivity index (χ1) is 7.43. The van der Waals surface area contributed by atoms with E-state index in [4.69, 9.17) is 0 Å². The maximum atomic E-state index is 12.1. The first kappa shape index (κ1) is 12.8. The molecule has 0 aromatic heterocycles. The number of hydrogen-bond donors (Lipinski definition) is 0. The minimum atomic E-state index is -0.517. The molecule has 3 nitrogen and oxygen atoms in total. The summed E-state index contributed by atoms with van der Waals surface area (Å²) in [5.41, 5.74) is -0.517. The molecule has 0 aliphatic carbocycles. The minimum Gasteiger partial charge on any atom is -0.281 e. The summed E-state index contributed by atoms with van der Waals surface area (Å²) in [5, 5.41) is 0. The largest absolute Gasteiger partial charge is 0.281 e. The van der Waals surface area contributed by atoms with Gasteiger partial charge in [-0.1, -0.05) is 13.8 Å². The third kappa shape index (κ3) is 2.11. The summed E-state index contributed by atoms with van der Waals surface area (Å²) in [6.45, 7) is 8.04. The lowest BCUT2D eigenvalue weighted by atomic mass is 9.78. The van der Waals surface area contributed by atoms with Gasteiger partial charge in [-0.15, -0.1) is 11.8 Å². The van der Waals surface area contributed by atoms with Gasteiger partial charge in [-0.3, -0.25) is 14.5 Å². The molecule has 1 unspecified atom stereocenters. The molecule has 0 radical (unpaired) electrons. The number of likely N-dealkylation sites (tertiary alicyclic amines) is 1. The smallest absolute Gasteiger partial charge is 0.235 e. The fourth-order valence-corrected chi connectivity index (χ4v) is 1.88. The minimum absolute atomic E-state index is 0.0367. The van der Waals surface area contributed by atoms with Crippen LogP contribution in [0.2, 0.25) is 0 Å². The molecular formula is C13H19NO2. The SMILES string of the molecule is CC#CCCN1C(=O)CC(C)(C(C)C)C1=O. The molecule has 0 N–H and O–H groups in total. The van der Waals surface area contributed by atoms with Crippen molar-refractivity contribution in [3.63, 3.8) is 0 Å². The van der Waals surface area contributed by atoms with Crippen LogP contribution >= 0.6 is 0 Å². The molecule has 1 saturated heterocycles. The van der Waals surface area contributed by atoms with Crippen molar-refractivity contribution in [2.24, 2.45) is 11.3 Å². The number of carbonyl (C=O) groups excluding carboxylic acids is 2. The molecule has 0 spiro atoms. The number of carbonyl (C=O) groups is 2. The zero-order valence-electron chi connectivity index (χ0n) is 10.5. The van der Waals surface area contributed by atoms with Crippen molar-refractivity contribution in [3.8, 4) is 11.8 Å². The standard InChI is InChI=1S/C13H19NO2/c1-5-6-7-8-14-11(15)9-13(4,10(2)3)12(14)16/h10H,7-9H2,1-4H3. The normalized spacial score (nSPS) is 24.9. The highest BCUT2D eigenvalue weighted by Gasteiger charge is 2.49. The average molecular weight is 221 g/mol. The summed E-state index contributed by atoms with van der Waals surface area (Å²) in [6, 6.07) is 0. The Morgan fingerprint density at radius 1 is 1.44 bits per heavy atom. The lowest BCUT2D eigenvalue weighted by molar-refractivity contribution is -0.141. The zero-order chi connectivity index (χ0) is 12.3. The van der Waals surface area contributed by atoms with Crippen molar-refractivity contribution in [1.82, 2.24) is 4.90 Å². The van der Waals surface area contributed by atoms with Gasteiger partial charge in [-0.2, -0.15) is 0 Å². The zero-order valence-corrected chi connectivity index (χ0v) is 10.5. The Hall–Kier alpha value is -1.30. The Bertz CT molecular complexity index is 362. The van der Waals surface area contributed by atoms with E-state index in [-0.39, 0.29) is 17.7 Å². The van der Waals surface area contributed by atoms with Crippen LogP contribution in [0.1, 0.15) is 40.5 Å². The fraction of sp³-hybridized carbons (Fsp3) is 0.692. The van der Waals surface area contributed by atoms with E-state index in [2.05, 4.69) is 11.8 Å². The quantitative estimate of drug-likeness (QED) is 0.538. The van der Waals surface area contributed by atoms with E-state index in [9.17, 15) is 9.59 Å². The highest BCUT2D eigenvalue weighted by Crippen LogP contribution is 2.39. The molecule has 1 atom stereocenters. The lowest BCUT2D eigenvalue weighted by Crippen LogP contribution is -2.37. The summed E-state index contributed by atoms with van der Waals surface area (Å²) in [4.78, 5) is 25.3. The van der Waals surface area contributed by atoms with Crippen molar-refractivity contribution >= 4 is 11.8 Å². The number of amides is 2. The van der Waals surface area contributed by atoms with Crippen molar-refractivity contribution in [2.45, 2.75) is 40.5 Å². The van der Waals surface area contributed by atoms with Crippen LogP contribution in [-0.4, -0.2) is 23.3 Å². The molecule has 1 rings (SSSR count). The molecule has 3 heteroatoms. The second-order valence-corrected chi connectivity index (χ2v) is 4.78. The van der Waals surface area contributed by atoms with Crippen LogP contribution in [0.4, 0.5) is 0 Å². The molecule has 0 bridgehead atoms. The molecule has 0 aromatic carbocycles. The van der Waals surface area contributed by atoms with Crippen LogP contribution < -0.4 is 0 Å². The summed E-state index contributed by atoms with van der Waals surface area (Å²) in [5.74, 6) is 5.74. The maximum absolute atomic E-state index is 12.1. The van der Waals surface area contributed by atoms with Gasteiger partial charge in [0, 0.05) is 19.4 Å². The lowest BCUT2D eigenvalue weighted by Gasteiger charge is -2.25. The number of rotatable bonds is 3. The van der Waals surface area contributed by atoms with Crippen molar-refractivity contribution in [3.05, 3.63) is 0 Å². The molecule has 1 heterocycles. The van der Waals surface area contributed by atoms with Gasteiger partial charge in [0.25, 0.3) is 0 Å². The summed E-state index contributed by atoms with van der Waals surface area (Å²) in [6.07, 6.45) is 0.908. The predicted molar refractivity (Wildman–Crippen MR) is 62.3 cm³/mol. The van der Waals surface area contributed by atoms with E-state index < -0.39 is 5.41 Å².